The van der Waals surface area contributed by atoms with Gasteiger partial charge in [-0.05, 0) is 33.6 Å². The number of terminal acetylenes is 1. The van der Waals surface area contributed by atoms with Gasteiger partial charge in [0.15, 0.2) is 0 Å². The number of hydrogen-bond donors (Lipinski definition) is 1. The highest BCUT2D eigenvalue weighted by molar-refractivity contribution is 6.00. The lowest BCUT2D eigenvalue weighted by Gasteiger charge is -2.50. The van der Waals surface area contributed by atoms with E-state index in [-0.39, 0.29) is 11.8 Å². The number of amides is 2. The van der Waals surface area contributed by atoms with Gasteiger partial charge in [0.2, 0.25) is 11.8 Å². The third-order valence-corrected chi connectivity index (χ3v) is 4.42. The van der Waals surface area contributed by atoms with Gasteiger partial charge in [0, 0.05) is 0 Å². The summed E-state index contributed by atoms with van der Waals surface area (Å²) < 4.78 is 0. The lowest BCUT2D eigenvalue weighted by atomic mass is 9.77. The zero-order chi connectivity index (χ0) is 14.3. The molecule has 2 amide bonds. The van der Waals surface area contributed by atoms with Gasteiger partial charge in [-0.15, -0.1) is 6.42 Å². The molecule has 1 atom stereocenters. The van der Waals surface area contributed by atoms with E-state index in [0.717, 1.165) is 32.1 Å². The highest BCUT2D eigenvalue weighted by Gasteiger charge is 2.53. The Balaban J connectivity index is 2.40. The molecule has 4 nitrogen and oxygen atoms in total. The van der Waals surface area contributed by atoms with Gasteiger partial charge in [0.25, 0.3) is 0 Å². The Hall–Kier alpha value is -1.50. The van der Waals surface area contributed by atoms with Crippen molar-refractivity contribution in [2.75, 3.05) is 0 Å². The normalized spacial score (nSPS) is 27.1. The van der Waals surface area contributed by atoms with Gasteiger partial charge in [0.1, 0.15) is 11.6 Å². The average Bonchev–Trinajstić information content (AvgIpc) is 2.38. The second-order valence-corrected chi connectivity index (χ2v) is 6.19. The van der Waals surface area contributed by atoms with E-state index in [0.29, 0.717) is 0 Å². The number of nitrogens with zero attached hydrogens (tertiary/aromatic N) is 1. The third kappa shape index (κ3) is 2.11. The van der Waals surface area contributed by atoms with Gasteiger partial charge >= 0.3 is 0 Å². The largest absolute Gasteiger partial charge is 0.340 e. The van der Waals surface area contributed by atoms with Crippen LogP contribution in [0, 0.1) is 12.3 Å². The summed E-state index contributed by atoms with van der Waals surface area (Å²) in [6.07, 6.45) is 10.1. The highest BCUT2D eigenvalue weighted by atomic mass is 16.2. The van der Waals surface area contributed by atoms with Crippen LogP contribution in [0.5, 0.6) is 0 Å². The van der Waals surface area contributed by atoms with Crippen LogP contribution in [-0.4, -0.2) is 33.8 Å². The van der Waals surface area contributed by atoms with E-state index in [9.17, 15) is 9.59 Å². The van der Waals surface area contributed by atoms with E-state index in [4.69, 9.17) is 6.42 Å². The van der Waals surface area contributed by atoms with Crippen molar-refractivity contribution >= 4 is 11.8 Å². The second-order valence-electron chi connectivity index (χ2n) is 6.19. The predicted octanol–water partition coefficient (Wildman–Crippen LogP) is 1.45. The topological polar surface area (TPSA) is 49.4 Å². The van der Waals surface area contributed by atoms with Crippen LogP contribution in [0.4, 0.5) is 0 Å². The lowest BCUT2D eigenvalue weighted by molar-refractivity contribution is -0.160. The molecule has 0 aromatic carbocycles. The van der Waals surface area contributed by atoms with Crippen molar-refractivity contribution in [3.8, 4) is 12.3 Å². The van der Waals surface area contributed by atoms with Gasteiger partial charge in [-0.25, -0.2) is 0 Å². The molecule has 4 heteroatoms. The summed E-state index contributed by atoms with van der Waals surface area (Å²) >= 11 is 0. The fourth-order valence-corrected chi connectivity index (χ4v) is 3.22. The van der Waals surface area contributed by atoms with Gasteiger partial charge in [-0.3, -0.25) is 9.59 Å². The predicted molar refractivity (Wildman–Crippen MR) is 73.2 cm³/mol. The van der Waals surface area contributed by atoms with E-state index in [2.05, 4.69) is 11.2 Å². The van der Waals surface area contributed by atoms with Gasteiger partial charge in [-0.1, -0.05) is 25.2 Å². The van der Waals surface area contributed by atoms with E-state index in [1.165, 1.54) is 0 Å². The molecule has 104 valence electrons. The number of hydrogen-bond acceptors (Lipinski definition) is 2. The summed E-state index contributed by atoms with van der Waals surface area (Å²) in [4.78, 5) is 26.7. The molecule has 2 rings (SSSR count). The summed E-state index contributed by atoms with van der Waals surface area (Å²) in [5.74, 6) is 2.53. The Kier molecular flexibility index (Phi) is 3.34. The van der Waals surface area contributed by atoms with Gasteiger partial charge < -0.3 is 10.2 Å². The van der Waals surface area contributed by atoms with Crippen molar-refractivity contribution in [1.82, 2.24) is 10.2 Å². The maximum Gasteiger partial charge on any atom is 0.250 e. The summed E-state index contributed by atoms with van der Waals surface area (Å²) in [5.41, 5.74) is -1.45. The summed E-state index contributed by atoms with van der Waals surface area (Å²) in [5, 5.41) is 2.96. The second kappa shape index (κ2) is 4.56. The molecular formula is C15H22N2O2. The zero-order valence-corrected chi connectivity index (χ0v) is 12.0. The molecule has 2 aliphatic rings. The van der Waals surface area contributed by atoms with E-state index in [1.54, 1.807) is 11.8 Å². The maximum atomic E-state index is 12.9. The van der Waals surface area contributed by atoms with Crippen LogP contribution >= 0.6 is 0 Å². The van der Waals surface area contributed by atoms with Gasteiger partial charge in [0.05, 0.1) is 5.54 Å². The number of piperazine rings is 1. The minimum absolute atomic E-state index is 0.0118. The van der Waals surface area contributed by atoms with E-state index >= 15 is 0 Å². The Morgan fingerprint density at radius 1 is 1.32 bits per heavy atom. The first kappa shape index (κ1) is 13.9. The van der Waals surface area contributed by atoms with Crippen LogP contribution in [0.3, 0.4) is 0 Å². The molecule has 19 heavy (non-hydrogen) atoms. The molecule has 1 heterocycles. The van der Waals surface area contributed by atoms with Crippen molar-refractivity contribution in [2.24, 2.45) is 0 Å². The van der Waals surface area contributed by atoms with Crippen LogP contribution in [-0.2, 0) is 9.59 Å². The molecule has 1 aliphatic carbocycles. The maximum absolute atomic E-state index is 12.9. The van der Waals surface area contributed by atoms with Crippen LogP contribution in [0.25, 0.3) is 0 Å². The van der Waals surface area contributed by atoms with Crippen LogP contribution in [0.1, 0.15) is 52.9 Å². The fraction of sp³-hybridized carbons (Fsp3) is 0.733. The average molecular weight is 262 g/mol. The van der Waals surface area contributed by atoms with E-state index in [1.807, 2.05) is 13.8 Å². The SMILES string of the molecule is C#CC(C)(C)N1C(=O)C2(CCCCC2)NC(=O)C1C. The van der Waals surface area contributed by atoms with Crippen LogP contribution in [0.15, 0.2) is 0 Å². The molecule has 0 aromatic rings. The lowest BCUT2D eigenvalue weighted by Crippen LogP contribution is -2.73. The minimum Gasteiger partial charge on any atom is -0.340 e. The highest BCUT2D eigenvalue weighted by Crippen LogP contribution is 2.35. The smallest absolute Gasteiger partial charge is 0.250 e. The molecule has 1 saturated carbocycles. The first-order chi connectivity index (χ1) is 8.84. The van der Waals surface area contributed by atoms with Crippen molar-refractivity contribution in [3.63, 3.8) is 0 Å². The number of nitrogens with one attached hydrogen (secondary N) is 1. The fourth-order valence-electron chi connectivity index (χ4n) is 3.22. The minimum atomic E-state index is -0.737. The van der Waals surface area contributed by atoms with Crippen molar-refractivity contribution in [2.45, 2.75) is 70.0 Å². The first-order valence-electron chi connectivity index (χ1n) is 6.98. The molecule has 0 radical (unpaired) electrons. The molecule has 1 unspecified atom stereocenters. The first-order valence-corrected chi connectivity index (χ1v) is 6.98. The number of carbonyl (C=O) groups is 2. The molecule has 1 aliphatic heterocycles. The Labute approximate surface area is 114 Å². The van der Waals surface area contributed by atoms with Gasteiger partial charge in [-0.2, -0.15) is 0 Å². The quantitative estimate of drug-likeness (QED) is 0.727. The standard InChI is InChI=1S/C15H22N2O2/c1-5-14(3,4)17-11(2)12(18)16-15(13(17)19)9-7-6-8-10-15/h1,11H,6-10H2,2-4H3,(H,16,18). The molecule has 0 bridgehead atoms. The Bertz CT molecular complexity index is 442. The third-order valence-electron chi connectivity index (χ3n) is 4.42. The molecular weight excluding hydrogens is 240 g/mol. The summed E-state index contributed by atoms with van der Waals surface area (Å²) in [7, 11) is 0. The molecule has 2 fully saturated rings. The van der Waals surface area contributed by atoms with Crippen LogP contribution in [0.2, 0.25) is 0 Å². The van der Waals surface area contributed by atoms with Crippen molar-refractivity contribution in [1.29, 1.82) is 0 Å². The monoisotopic (exact) mass is 262 g/mol. The van der Waals surface area contributed by atoms with Crippen molar-refractivity contribution < 1.29 is 9.59 Å². The Morgan fingerprint density at radius 2 is 1.89 bits per heavy atom. The summed E-state index contributed by atoms with van der Waals surface area (Å²) in [6, 6.07) is -0.508. The molecule has 1 spiro atoms. The van der Waals surface area contributed by atoms with Crippen molar-refractivity contribution in [3.05, 3.63) is 0 Å². The zero-order valence-electron chi connectivity index (χ0n) is 12.0. The Morgan fingerprint density at radius 3 is 2.42 bits per heavy atom. The number of carbonyl (C=O) groups excluding carboxylic acids is 2. The summed E-state index contributed by atoms with van der Waals surface area (Å²) in [6.45, 7) is 5.37. The van der Waals surface area contributed by atoms with E-state index < -0.39 is 17.1 Å². The number of rotatable bonds is 1. The van der Waals surface area contributed by atoms with Crippen LogP contribution < -0.4 is 5.32 Å². The molecule has 1 saturated heterocycles. The molecule has 0 aromatic heterocycles. The molecule has 1 N–H and O–H groups in total.